The average molecular weight is 377 g/mol. The molecule has 2 aromatic heterocycles. The molecular weight excluding hydrogens is 364 g/mol. The number of halogens is 1. The number of methoxy groups -OCH3 is 1. The fraction of sp³-hybridized carbons (Fsp3) is 0.200. The summed E-state index contributed by atoms with van der Waals surface area (Å²) in [5.41, 5.74) is 1.89. The van der Waals surface area contributed by atoms with Crippen LogP contribution < -0.4 is 0 Å². The van der Waals surface area contributed by atoms with Crippen LogP contribution in [0.4, 0.5) is 0 Å². The number of benzene rings is 1. The molecule has 0 spiro atoms. The molecule has 0 saturated carbocycles. The normalized spacial score (nSPS) is 10.7. The summed E-state index contributed by atoms with van der Waals surface area (Å²) in [6, 6.07) is 7.72. The van der Waals surface area contributed by atoms with Crippen LogP contribution in [-0.2, 0) is 22.5 Å². The zero-order valence-corrected chi connectivity index (χ0v) is 13.9. The molecule has 0 atom stereocenters. The largest absolute Gasteiger partial charge is 0.469 e. The third-order valence-electron chi connectivity index (χ3n) is 3.14. The summed E-state index contributed by atoms with van der Waals surface area (Å²) in [5.74, 6) is 0.190. The quantitative estimate of drug-likeness (QED) is 0.636. The lowest BCUT2D eigenvalue weighted by Crippen LogP contribution is -2.04. The molecule has 2 heterocycles. The lowest BCUT2D eigenvalue weighted by molar-refractivity contribution is -0.140. The molecule has 0 aliphatic carbocycles. The molecule has 3 rings (SSSR count). The Bertz CT molecular complexity index is 810. The summed E-state index contributed by atoms with van der Waals surface area (Å²) in [6.45, 7) is 0.670. The highest BCUT2D eigenvalue weighted by Crippen LogP contribution is 2.19. The molecule has 0 unspecified atom stereocenters. The SMILES string of the molecule is COC(=O)Cc1nnc(-c2ccc(Cn3cc(Br)cn3)cc2)o1. The number of aromatic nitrogens is 4. The molecule has 0 N–H and O–H groups in total. The van der Waals surface area contributed by atoms with Crippen LogP contribution in [0.25, 0.3) is 11.5 Å². The summed E-state index contributed by atoms with van der Waals surface area (Å²) in [4.78, 5) is 11.2. The Hall–Kier alpha value is -2.48. The zero-order chi connectivity index (χ0) is 16.2. The Kier molecular flexibility index (Phi) is 4.52. The Morgan fingerprint density at radius 3 is 2.74 bits per heavy atom. The van der Waals surface area contributed by atoms with Gasteiger partial charge in [-0.3, -0.25) is 9.48 Å². The van der Waals surface area contributed by atoms with E-state index in [0.717, 1.165) is 15.6 Å². The molecule has 3 aromatic rings. The van der Waals surface area contributed by atoms with Crippen LogP contribution in [0.5, 0.6) is 0 Å². The standard InChI is InChI=1S/C15H13BrN4O3/c1-22-14(21)6-13-18-19-15(23-13)11-4-2-10(3-5-11)8-20-9-12(16)7-17-20/h2-5,7,9H,6,8H2,1H3. The lowest BCUT2D eigenvalue weighted by atomic mass is 10.1. The number of esters is 1. The Morgan fingerprint density at radius 1 is 1.30 bits per heavy atom. The molecule has 0 bridgehead atoms. The van der Waals surface area contributed by atoms with E-state index in [-0.39, 0.29) is 12.3 Å². The van der Waals surface area contributed by atoms with Gasteiger partial charge in [0.05, 0.1) is 24.3 Å². The average Bonchev–Trinajstić information content (AvgIpc) is 3.17. The Balaban J connectivity index is 1.70. The van der Waals surface area contributed by atoms with Crippen LogP contribution >= 0.6 is 15.9 Å². The maximum atomic E-state index is 11.2. The Labute approximate surface area is 140 Å². The highest BCUT2D eigenvalue weighted by molar-refractivity contribution is 9.10. The van der Waals surface area contributed by atoms with Crippen molar-refractivity contribution in [2.75, 3.05) is 7.11 Å². The van der Waals surface area contributed by atoms with Gasteiger partial charge in [-0.05, 0) is 33.6 Å². The molecule has 1 aromatic carbocycles. The van der Waals surface area contributed by atoms with Crippen molar-refractivity contribution in [2.24, 2.45) is 0 Å². The monoisotopic (exact) mass is 376 g/mol. The number of rotatable bonds is 5. The predicted molar refractivity (Wildman–Crippen MR) is 84.5 cm³/mol. The highest BCUT2D eigenvalue weighted by atomic mass is 79.9. The van der Waals surface area contributed by atoms with Crippen LogP contribution in [0.2, 0.25) is 0 Å². The van der Waals surface area contributed by atoms with Gasteiger partial charge in [-0.1, -0.05) is 12.1 Å². The number of carbonyl (C=O) groups is 1. The molecule has 0 aliphatic heterocycles. The minimum atomic E-state index is -0.416. The van der Waals surface area contributed by atoms with Crippen LogP contribution in [0.15, 0.2) is 45.5 Å². The van der Waals surface area contributed by atoms with E-state index in [4.69, 9.17) is 4.42 Å². The van der Waals surface area contributed by atoms with Gasteiger partial charge < -0.3 is 9.15 Å². The molecule has 0 radical (unpaired) electrons. The maximum Gasteiger partial charge on any atom is 0.315 e. The minimum Gasteiger partial charge on any atom is -0.469 e. The van der Waals surface area contributed by atoms with Gasteiger partial charge in [0.2, 0.25) is 11.8 Å². The number of carbonyl (C=O) groups excluding carboxylic acids is 1. The predicted octanol–water partition coefficient (Wildman–Crippen LogP) is 2.46. The molecule has 23 heavy (non-hydrogen) atoms. The third kappa shape index (κ3) is 3.84. The van der Waals surface area contributed by atoms with Gasteiger partial charge in [0.1, 0.15) is 6.42 Å². The summed E-state index contributed by atoms with van der Waals surface area (Å²) >= 11 is 3.37. The van der Waals surface area contributed by atoms with Gasteiger partial charge >= 0.3 is 5.97 Å². The Morgan fingerprint density at radius 2 is 2.09 bits per heavy atom. The first-order chi connectivity index (χ1) is 11.1. The fourth-order valence-electron chi connectivity index (χ4n) is 2.00. The summed E-state index contributed by atoms with van der Waals surface area (Å²) < 4.78 is 12.8. The number of hydrogen-bond acceptors (Lipinski definition) is 6. The first-order valence-electron chi connectivity index (χ1n) is 6.80. The van der Waals surface area contributed by atoms with Crippen molar-refractivity contribution >= 4 is 21.9 Å². The second-order valence-electron chi connectivity index (χ2n) is 4.81. The van der Waals surface area contributed by atoms with E-state index in [1.165, 1.54) is 7.11 Å². The van der Waals surface area contributed by atoms with Gasteiger partial charge in [-0.25, -0.2) is 0 Å². The topological polar surface area (TPSA) is 83.0 Å². The number of ether oxygens (including phenoxy) is 1. The second kappa shape index (κ2) is 6.74. The zero-order valence-electron chi connectivity index (χ0n) is 12.3. The van der Waals surface area contributed by atoms with E-state index in [2.05, 4.69) is 36.0 Å². The number of hydrogen-bond donors (Lipinski definition) is 0. The van der Waals surface area contributed by atoms with E-state index >= 15 is 0 Å². The van der Waals surface area contributed by atoms with Crippen molar-refractivity contribution in [2.45, 2.75) is 13.0 Å². The van der Waals surface area contributed by atoms with E-state index in [1.54, 1.807) is 6.20 Å². The molecular formula is C15H13BrN4O3. The van der Waals surface area contributed by atoms with Crippen molar-refractivity contribution in [3.8, 4) is 11.5 Å². The van der Waals surface area contributed by atoms with Crippen molar-refractivity contribution < 1.29 is 13.9 Å². The van der Waals surface area contributed by atoms with Gasteiger partial charge in [0.25, 0.3) is 0 Å². The number of nitrogens with zero attached hydrogens (tertiary/aromatic N) is 4. The summed E-state index contributed by atoms with van der Waals surface area (Å²) in [5, 5.41) is 12.0. The highest BCUT2D eigenvalue weighted by Gasteiger charge is 2.12. The van der Waals surface area contributed by atoms with E-state index in [0.29, 0.717) is 12.4 Å². The smallest absolute Gasteiger partial charge is 0.315 e. The molecule has 0 saturated heterocycles. The van der Waals surface area contributed by atoms with E-state index < -0.39 is 5.97 Å². The van der Waals surface area contributed by atoms with Crippen molar-refractivity contribution in [1.82, 2.24) is 20.0 Å². The van der Waals surface area contributed by atoms with Crippen LogP contribution in [0, 0.1) is 0 Å². The molecule has 0 fully saturated rings. The summed E-state index contributed by atoms with van der Waals surface area (Å²) in [6.07, 6.45) is 3.62. The van der Waals surface area contributed by atoms with Crippen LogP contribution in [0.1, 0.15) is 11.5 Å². The molecule has 0 aliphatic rings. The van der Waals surface area contributed by atoms with Crippen LogP contribution in [-0.4, -0.2) is 33.1 Å². The lowest BCUT2D eigenvalue weighted by Gasteiger charge is -2.02. The van der Waals surface area contributed by atoms with Crippen molar-refractivity contribution in [3.05, 3.63) is 52.6 Å². The maximum absolute atomic E-state index is 11.2. The van der Waals surface area contributed by atoms with Crippen molar-refractivity contribution in [3.63, 3.8) is 0 Å². The van der Waals surface area contributed by atoms with Gasteiger partial charge in [0, 0.05) is 11.8 Å². The molecule has 118 valence electrons. The molecule has 8 heteroatoms. The second-order valence-corrected chi connectivity index (χ2v) is 5.72. The molecule has 7 nitrogen and oxygen atoms in total. The molecule has 0 amide bonds. The van der Waals surface area contributed by atoms with Gasteiger partial charge in [-0.15, -0.1) is 10.2 Å². The third-order valence-corrected chi connectivity index (χ3v) is 3.55. The van der Waals surface area contributed by atoms with Gasteiger partial charge in [-0.2, -0.15) is 5.10 Å². The first kappa shape index (κ1) is 15.4. The summed E-state index contributed by atoms with van der Waals surface area (Å²) in [7, 11) is 1.32. The van der Waals surface area contributed by atoms with E-state index in [1.807, 2.05) is 35.1 Å². The van der Waals surface area contributed by atoms with Gasteiger partial charge in [0.15, 0.2) is 0 Å². The van der Waals surface area contributed by atoms with E-state index in [9.17, 15) is 4.79 Å². The fourth-order valence-corrected chi connectivity index (χ4v) is 2.33. The first-order valence-corrected chi connectivity index (χ1v) is 7.60. The van der Waals surface area contributed by atoms with Crippen LogP contribution in [0.3, 0.4) is 0 Å². The van der Waals surface area contributed by atoms with Crippen molar-refractivity contribution in [1.29, 1.82) is 0 Å². The minimum absolute atomic E-state index is 0.0320.